The summed E-state index contributed by atoms with van der Waals surface area (Å²) in [6.07, 6.45) is 0.223. The molecular weight excluding hydrogens is 348 g/mol. The van der Waals surface area contributed by atoms with Crippen LogP contribution in [0.3, 0.4) is 0 Å². The zero-order valence-electron chi connectivity index (χ0n) is 15.2. The van der Waals surface area contributed by atoms with Crippen LogP contribution in [-0.4, -0.2) is 42.1 Å². The average Bonchev–Trinajstić information content (AvgIpc) is 3.02. The third kappa shape index (κ3) is 4.02. The van der Waals surface area contributed by atoms with Crippen LogP contribution in [0.5, 0.6) is 0 Å². The van der Waals surface area contributed by atoms with E-state index in [4.69, 9.17) is 0 Å². The van der Waals surface area contributed by atoms with E-state index in [1.807, 2.05) is 31.4 Å². The first-order valence-electron chi connectivity index (χ1n) is 8.58. The van der Waals surface area contributed by atoms with Gasteiger partial charge in [0.1, 0.15) is 6.54 Å². The van der Waals surface area contributed by atoms with E-state index in [0.717, 1.165) is 22.4 Å². The van der Waals surface area contributed by atoms with Gasteiger partial charge in [0.05, 0.1) is 11.3 Å². The molecule has 1 aliphatic heterocycles. The zero-order chi connectivity index (χ0) is 18.8. The van der Waals surface area contributed by atoms with Crippen molar-refractivity contribution in [3.05, 3.63) is 51.2 Å². The fourth-order valence-electron chi connectivity index (χ4n) is 3.20. The molecule has 0 unspecified atom stereocenters. The molecule has 1 aliphatic rings. The van der Waals surface area contributed by atoms with Crippen LogP contribution in [0.2, 0.25) is 0 Å². The minimum absolute atomic E-state index is 0.00550. The van der Waals surface area contributed by atoms with Gasteiger partial charge in [0.25, 0.3) is 0 Å². The number of hydrogen-bond donors (Lipinski definition) is 0. The molecule has 0 saturated carbocycles. The van der Waals surface area contributed by atoms with Crippen LogP contribution in [0, 0.1) is 13.8 Å². The quantitative estimate of drug-likeness (QED) is 0.778. The van der Waals surface area contributed by atoms with Gasteiger partial charge >= 0.3 is 0 Å². The fourth-order valence-corrected chi connectivity index (χ4v) is 4.02. The van der Waals surface area contributed by atoms with Crippen LogP contribution in [0.4, 0.5) is 5.69 Å². The molecule has 2 aromatic rings. The predicted octanol–water partition coefficient (Wildman–Crippen LogP) is 2.99. The Morgan fingerprint density at radius 2 is 1.77 bits per heavy atom. The summed E-state index contributed by atoms with van der Waals surface area (Å²) in [5, 5.41) is 1.84. The van der Waals surface area contributed by atoms with Crippen LogP contribution in [0.15, 0.2) is 29.6 Å². The maximum atomic E-state index is 12.6. The first-order valence-corrected chi connectivity index (χ1v) is 9.46. The maximum absolute atomic E-state index is 12.6. The molecule has 1 aromatic heterocycles. The van der Waals surface area contributed by atoms with E-state index < -0.39 is 0 Å². The molecular formula is C20H22N2O3S. The van der Waals surface area contributed by atoms with E-state index in [9.17, 15) is 14.4 Å². The second-order valence-electron chi connectivity index (χ2n) is 6.76. The van der Waals surface area contributed by atoms with Crippen molar-refractivity contribution < 1.29 is 14.4 Å². The number of benzene rings is 1. The first kappa shape index (κ1) is 18.3. The van der Waals surface area contributed by atoms with Crippen LogP contribution >= 0.6 is 11.3 Å². The molecule has 0 bridgehead atoms. The predicted molar refractivity (Wildman–Crippen MR) is 103 cm³/mol. The molecule has 0 spiro atoms. The molecule has 1 fully saturated rings. The lowest BCUT2D eigenvalue weighted by molar-refractivity contribution is -0.136. The third-order valence-electron chi connectivity index (χ3n) is 4.45. The number of ketones is 1. The Bertz CT molecular complexity index is 851. The number of rotatable bonds is 4. The summed E-state index contributed by atoms with van der Waals surface area (Å²) in [6.45, 7) is 6.64. The Balaban J connectivity index is 1.65. The monoisotopic (exact) mass is 370 g/mol. The molecule has 1 aromatic carbocycles. The Hall–Kier alpha value is -2.47. The van der Waals surface area contributed by atoms with Crippen LogP contribution in [-0.2, 0) is 16.0 Å². The van der Waals surface area contributed by atoms with Gasteiger partial charge in [-0.2, -0.15) is 0 Å². The molecule has 3 rings (SSSR count). The smallest absolute Gasteiger partial charge is 0.246 e. The number of carbonyl (C=O) groups excluding carboxylic acids is 3. The molecule has 0 atom stereocenters. The highest BCUT2D eigenvalue weighted by Gasteiger charge is 2.28. The van der Waals surface area contributed by atoms with E-state index in [1.165, 1.54) is 18.3 Å². The summed E-state index contributed by atoms with van der Waals surface area (Å²) in [6, 6.07) is 7.83. The van der Waals surface area contributed by atoms with Gasteiger partial charge in [-0.15, -0.1) is 11.3 Å². The number of thiophene rings is 1. The van der Waals surface area contributed by atoms with Crippen molar-refractivity contribution in [2.75, 3.05) is 24.5 Å². The van der Waals surface area contributed by atoms with Gasteiger partial charge < -0.3 is 9.80 Å². The van der Waals surface area contributed by atoms with Gasteiger partial charge in [-0.05, 0) is 61.0 Å². The summed E-state index contributed by atoms with van der Waals surface area (Å²) in [4.78, 5) is 40.5. The summed E-state index contributed by atoms with van der Waals surface area (Å²) in [5.74, 6) is -0.137. The van der Waals surface area contributed by atoms with Crippen molar-refractivity contribution in [2.24, 2.45) is 0 Å². The van der Waals surface area contributed by atoms with Crippen molar-refractivity contribution in [1.82, 2.24) is 4.90 Å². The van der Waals surface area contributed by atoms with Crippen molar-refractivity contribution in [3.8, 4) is 0 Å². The standard InChI is InChI=1S/C20H22N2O3S/c1-13-6-14(2)8-17(7-13)22-5-4-21(11-20(22)25)19(24)10-16-9-18(15(3)23)26-12-16/h6-9,12H,4-5,10-11H2,1-3H3. The van der Waals surface area contributed by atoms with Crippen molar-refractivity contribution in [3.63, 3.8) is 0 Å². The highest BCUT2D eigenvalue weighted by atomic mass is 32.1. The van der Waals surface area contributed by atoms with Gasteiger partial charge in [-0.25, -0.2) is 0 Å². The number of Topliss-reactive ketones (excluding diaryl/α,β-unsaturated/α-hetero) is 1. The second-order valence-corrected chi connectivity index (χ2v) is 7.67. The van der Waals surface area contributed by atoms with Gasteiger partial charge in [-0.1, -0.05) is 6.07 Å². The molecule has 6 heteroatoms. The van der Waals surface area contributed by atoms with Crippen LogP contribution < -0.4 is 4.90 Å². The number of anilines is 1. The Labute approximate surface area is 157 Å². The van der Waals surface area contributed by atoms with Crippen molar-refractivity contribution in [2.45, 2.75) is 27.2 Å². The number of amides is 2. The van der Waals surface area contributed by atoms with Gasteiger partial charge in [0, 0.05) is 18.8 Å². The van der Waals surface area contributed by atoms with Crippen LogP contribution in [0.25, 0.3) is 0 Å². The van der Waals surface area contributed by atoms with Gasteiger partial charge in [0.15, 0.2) is 5.78 Å². The largest absolute Gasteiger partial charge is 0.331 e. The minimum atomic E-state index is -0.0775. The lowest BCUT2D eigenvalue weighted by Gasteiger charge is -2.34. The zero-order valence-corrected chi connectivity index (χ0v) is 16.1. The number of hydrogen-bond acceptors (Lipinski definition) is 4. The number of piperazine rings is 1. The molecule has 2 heterocycles. The van der Waals surface area contributed by atoms with E-state index >= 15 is 0 Å². The molecule has 0 aliphatic carbocycles. The third-order valence-corrected chi connectivity index (χ3v) is 5.53. The van der Waals surface area contributed by atoms with E-state index in [2.05, 4.69) is 6.07 Å². The minimum Gasteiger partial charge on any atom is -0.331 e. The van der Waals surface area contributed by atoms with E-state index in [1.54, 1.807) is 15.9 Å². The first-order chi connectivity index (χ1) is 12.3. The SMILES string of the molecule is CC(=O)c1cc(CC(=O)N2CCN(c3cc(C)cc(C)c3)C(=O)C2)cs1. The molecule has 5 nitrogen and oxygen atoms in total. The molecule has 26 heavy (non-hydrogen) atoms. The molecule has 0 radical (unpaired) electrons. The lowest BCUT2D eigenvalue weighted by atomic mass is 10.1. The Morgan fingerprint density at radius 1 is 1.08 bits per heavy atom. The lowest BCUT2D eigenvalue weighted by Crippen LogP contribution is -2.52. The average molecular weight is 370 g/mol. The molecule has 136 valence electrons. The second kappa shape index (κ2) is 7.41. The number of nitrogens with zero attached hydrogens (tertiary/aromatic N) is 2. The highest BCUT2D eigenvalue weighted by molar-refractivity contribution is 7.12. The molecule has 2 amide bonds. The number of aryl methyl sites for hydroxylation is 2. The summed E-state index contributed by atoms with van der Waals surface area (Å²) >= 11 is 1.35. The number of carbonyl (C=O) groups is 3. The Morgan fingerprint density at radius 3 is 2.35 bits per heavy atom. The van der Waals surface area contributed by atoms with E-state index in [0.29, 0.717) is 18.0 Å². The molecule has 0 N–H and O–H groups in total. The van der Waals surface area contributed by atoms with E-state index in [-0.39, 0.29) is 30.6 Å². The summed E-state index contributed by atoms with van der Waals surface area (Å²) in [7, 11) is 0. The van der Waals surface area contributed by atoms with Gasteiger partial charge in [-0.3, -0.25) is 14.4 Å². The summed E-state index contributed by atoms with van der Waals surface area (Å²) in [5.41, 5.74) is 3.95. The molecule has 1 saturated heterocycles. The van der Waals surface area contributed by atoms with Crippen molar-refractivity contribution in [1.29, 1.82) is 0 Å². The highest BCUT2D eigenvalue weighted by Crippen LogP contribution is 2.22. The Kier molecular flexibility index (Phi) is 5.23. The van der Waals surface area contributed by atoms with Gasteiger partial charge in [0.2, 0.25) is 11.8 Å². The van der Waals surface area contributed by atoms with Crippen LogP contribution in [0.1, 0.15) is 33.3 Å². The maximum Gasteiger partial charge on any atom is 0.246 e. The van der Waals surface area contributed by atoms with Crippen molar-refractivity contribution >= 4 is 34.6 Å². The normalized spacial score (nSPS) is 14.7. The fraction of sp³-hybridized carbons (Fsp3) is 0.350. The topological polar surface area (TPSA) is 57.7 Å². The summed E-state index contributed by atoms with van der Waals surface area (Å²) < 4.78 is 0.